The fraction of sp³-hybridized carbons (Fsp3) is 0.111. The Morgan fingerprint density at radius 1 is 1.33 bits per heavy atom. The van der Waals surface area contributed by atoms with Crippen LogP contribution in [0.3, 0.4) is 0 Å². The number of carbonyl (C=O) groups is 2. The number of carbonyl (C=O) groups excluding carboxylic acids is 2. The van der Waals surface area contributed by atoms with Crippen molar-refractivity contribution in [1.82, 2.24) is 0 Å². The molecule has 0 heterocycles. The highest BCUT2D eigenvalue weighted by Crippen LogP contribution is 2.11. The SMILES string of the molecule is O=CC(=O)C(O)c1ccccc1. The molecule has 0 aliphatic heterocycles. The van der Waals surface area contributed by atoms with Crippen molar-refractivity contribution in [2.24, 2.45) is 0 Å². The van der Waals surface area contributed by atoms with Gasteiger partial charge >= 0.3 is 0 Å². The van der Waals surface area contributed by atoms with Crippen molar-refractivity contribution in [2.75, 3.05) is 0 Å². The summed E-state index contributed by atoms with van der Waals surface area (Å²) in [4.78, 5) is 20.7. The van der Waals surface area contributed by atoms with E-state index in [1.807, 2.05) is 0 Å². The lowest BCUT2D eigenvalue weighted by Gasteiger charge is -2.04. The molecule has 0 saturated heterocycles. The largest absolute Gasteiger partial charge is 0.380 e. The molecule has 12 heavy (non-hydrogen) atoms. The van der Waals surface area contributed by atoms with Crippen LogP contribution in [-0.4, -0.2) is 17.2 Å². The summed E-state index contributed by atoms with van der Waals surface area (Å²) in [5.74, 6) is -0.818. The zero-order valence-corrected chi connectivity index (χ0v) is 6.31. The zero-order chi connectivity index (χ0) is 8.97. The summed E-state index contributed by atoms with van der Waals surface area (Å²) >= 11 is 0. The summed E-state index contributed by atoms with van der Waals surface area (Å²) in [6.07, 6.45) is -1.19. The van der Waals surface area contributed by atoms with Gasteiger partial charge in [-0.15, -0.1) is 0 Å². The maximum Gasteiger partial charge on any atom is 0.228 e. The van der Waals surface area contributed by atoms with Gasteiger partial charge in [-0.2, -0.15) is 0 Å². The van der Waals surface area contributed by atoms with Crippen molar-refractivity contribution < 1.29 is 14.7 Å². The van der Waals surface area contributed by atoms with Gasteiger partial charge in [-0.05, 0) is 5.56 Å². The van der Waals surface area contributed by atoms with Crippen molar-refractivity contribution in [3.05, 3.63) is 35.9 Å². The third-order valence-electron chi connectivity index (χ3n) is 1.50. The molecular formula is C9H8O3. The van der Waals surface area contributed by atoms with Gasteiger partial charge < -0.3 is 5.11 Å². The van der Waals surface area contributed by atoms with E-state index in [0.29, 0.717) is 5.56 Å². The van der Waals surface area contributed by atoms with E-state index in [1.165, 1.54) is 0 Å². The second-order valence-electron chi connectivity index (χ2n) is 2.33. The molecule has 1 atom stereocenters. The van der Waals surface area contributed by atoms with Crippen LogP contribution in [0.2, 0.25) is 0 Å². The van der Waals surface area contributed by atoms with Crippen LogP contribution < -0.4 is 0 Å². The van der Waals surface area contributed by atoms with E-state index in [0.717, 1.165) is 0 Å². The Morgan fingerprint density at radius 2 is 1.92 bits per heavy atom. The monoisotopic (exact) mass is 164 g/mol. The molecule has 0 aliphatic rings. The maximum atomic E-state index is 10.7. The molecule has 0 radical (unpaired) electrons. The molecule has 0 bridgehead atoms. The van der Waals surface area contributed by atoms with Gasteiger partial charge in [-0.1, -0.05) is 30.3 Å². The predicted octanol–water partition coefficient (Wildman–Crippen LogP) is 0.488. The number of aliphatic hydroxyl groups excluding tert-OH is 1. The van der Waals surface area contributed by atoms with E-state index < -0.39 is 11.9 Å². The van der Waals surface area contributed by atoms with Gasteiger partial charge in [-0.3, -0.25) is 9.59 Å². The molecule has 0 fully saturated rings. The zero-order valence-electron chi connectivity index (χ0n) is 6.31. The Hall–Kier alpha value is -1.48. The van der Waals surface area contributed by atoms with E-state index in [4.69, 9.17) is 0 Å². The molecular weight excluding hydrogens is 156 g/mol. The molecule has 0 aromatic heterocycles. The Bertz CT molecular complexity index is 279. The van der Waals surface area contributed by atoms with E-state index in [2.05, 4.69) is 0 Å². The van der Waals surface area contributed by atoms with Crippen LogP contribution in [-0.2, 0) is 9.59 Å². The number of hydrogen-bond acceptors (Lipinski definition) is 3. The summed E-state index contributed by atoms with van der Waals surface area (Å²) in [6.45, 7) is 0. The third kappa shape index (κ3) is 1.77. The molecule has 62 valence electrons. The number of rotatable bonds is 3. The van der Waals surface area contributed by atoms with Gasteiger partial charge in [0.2, 0.25) is 5.78 Å². The number of hydrogen-bond donors (Lipinski definition) is 1. The van der Waals surface area contributed by atoms with E-state index in [-0.39, 0.29) is 6.29 Å². The first-order chi connectivity index (χ1) is 5.75. The molecule has 0 saturated carbocycles. The quantitative estimate of drug-likeness (QED) is 0.522. The highest BCUT2D eigenvalue weighted by molar-refractivity contribution is 6.27. The first kappa shape index (κ1) is 8.62. The van der Waals surface area contributed by atoms with Gasteiger partial charge in [-0.25, -0.2) is 0 Å². The summed E-state index contributed by atoms with van der Waals surface area (Å²) in [5, 5.41) is 9.21. The Balaban J connectivity index is 2.85. The minimum absolute atomic E-state index is 0.123. The molecule has 1 aromatic carbocycles. The minimum atomic E-state index is -1.32. The van der Waals surface area contributed by atoms with Crippen LogP contribution in [0.1, 0.15) is 11.7 Å². The van der Waals surface area contributed by atoms with Gasteiger partial charge in [0, 0.05) is 0 Å². The molecule has 0 amide bonds. The fourth-order valence-electron chi connectivity index (χ4n) is 0.864. The van der Waals surface area contributed by atoms with Gasteiger partial charge in [0.1, 0.15) is 6.10 Å². The van der Waals surface area contributed by atoms with Crippen LogP contribution in [0, 0.1) is 0 Å². The standard InChI is InChI=1S/C9H8O3/c10-6-8(11)9(12)7-4-2-1-3-5-7/h1-6,9,12H. The minimum Gasteiger partial charge on any atom is -0.380 e. The number of ketones is 1. The van der Waals surface area contributed by atoms with Crippen molar-refractivity contribution in [1.29, 1.82) is 0 Å². The summed E-state index contributed by atoms with van der Waals surface area (Å²) in [5.41, 5.74) is 0.439. The molecule has 3 heteroatoms. The highest BCUT2D eigenvalue weighted by atomic mass is 16.3. The van der Waals surface area contributed by atoms with E-state index >= 15 is 0 Å². The molecule has 1 aromatic rings. The third-order valence-corrected chi connectivity index (χ3v) is 1.50. The number of benzene rings is 1. The van der Waals surface area contributed by atoms with E-state index in [9.17, 15) is 14.7 Å². The molecule has 1 N–H and O–H groups in total. The fourth-order valence-corrected chi connectivity index (χ4v) is 0.864. The molecule has 0 spiro atoms. The van der Waals surface area contributed by atoms with Crippen molar-refractivity contribution in [3.63, 3.8) is 0 Å². The average molecular weight is 164 g/mol. The van der Waals surface area contributed by atoms with Gasteiger partial charge in [0.15, 0.2) is 6.29 Å². The second-order valence-corrected chi connectivity index (χ2v) is 2.33. The topological polar surface area (TPSA) is 54.4 Å². The van der Waals surface area contributed by atoms with Crippen LogP contribution in [0.5, 0.6) is 0 Å². The van der Waals surface area contributed by atoms with Crippen LogP contribution >= 0.6 is 0 Å². The number of aliphatic hydroxyl groups is 1. The maximum absolute atomic E-state index is 10.7. The summed E-state index contributed by atoms with van der Waals surface area (Å²) < 4.78 is 0. The van der Waals surface area contributed by atoms with Crippen molar-refractivity contribution in [3.8, 4) is 0 Å². The molecule has 3 nitrogen and oxygen atoms in total. The van der Waals surface area contributed by atoms with Crippen molar-refractivity contribution in [2.45, 2.75) is 6.10 Å². The van der Waals surface area contributed by atoms with Crippen LogP contribution in [0.4, 0.5) is 0 Å². The van der Waals surface area contributed by atoms with Gasteiger partial charge in [0.05, 0.1) is 0 Å². The van der Waals surface area contributed by atoms with Crippen LogP contribution in [0.15, 0.2) is 30.3 Å². The predicted molar refractivity (Wildman–Crippen MR) is 42.5 cm³/mol. The molecule has 0 aliphatic carbocycles. The van der Waals surface area contributed by atoms with Crippen molar-refractivity contribution >= 4 is 12.1 Å². The lowest BCUT2D eigenvalue weighted by molar-refractivity contribution is -0.135. The lowest BCUT2D eigenvalue weighted by Crippen LogP contribution is -2.12. The Morgan fingerprint density at radius 3 is 2.42 bits per heavy atom. The molecule has 1 unspecified atom stereocenters. The number of aldehydes is 1. The second kappa shape index (κ2) is 3.78. The Labute approximate surface area is 69.6 Å². The van der Waals surface area contributed by atoms with Crippen LogP contribution in [0.25, 0.3) is 0 Å². The first-order valence-electron chi connectivity index (χ1n) is 3.47. The smallest absolute Gasteiger partial charge is 0.228 e. The van der Waals surface area contributed by atoms with E-state index in [1.54, 1.807) is 30.3 Å². The normalized spacial score (nSPS) is 12.1. The average Bonchev–Trinajstić information content (AvgIpc) is 2.17. The summed E-state index contributed by atoms with van der Waals surface area (Å²) in [6, 6.07) is 8.33. The highest BCUT2D eigenvalue weighted by Gasteiger charge is 2.14. The Kier molecular flexibility index (Phi) is 2.71. The molecule has 1 rings (SSSR count). The summed E-state index contributed by atoms with van der Waals surface area (Å²) in [7, 11) is 0. The first-order valence-corrected chi connectivity index (χ1v) is 3.47. The number of Topliss-reactive ketones (excluding diaryl/α,β-unsaturated/α-hetero) is 1. The lowest BCUT2D eigenvalue weighted by atomic mass is 10.1. The van der Waals surface area contributed by atoms with Gasteiger partial charge in [0.25, 0.3) is 0 Å².